The molecule has 0 saturated heterocycles. The molecule has 0 radical (unpaired) electrons. The summed E-state index contributed by atoms with van der Waals surface area (Å²) in [5.41, 5.74) is 1.99. The van der Waals surface area contributed by atoms with E-state index in [4.69, 9.17) is 4.74 Å². The van der Waals surface area contributed by atoms with Crippen molar-refractivity contribution in [2.75, 3.05) is 20.2 Å². The highest BCUT2D eigenvalue weighted by Crippen LogP contribution is 2.18. The lowest BCUT2D eigenvalue weighted by Crippen LogP contribution is -2.38. The number of aliphatic imine (C=N–C) groups is 1. The number of amides is 1. The standard InChI is InChI=1S/C22H27N7O2.HI/c1-23-22(25-14-20-28-27-19-4-2-3-13-29(19)20)24-12-11-16-5-9-18(10-6-16)31-15-21(30)26-17-7-8-17;/h2-6,9-10,13,17H,7-8,11-12,14-15H2,1H3,(H,26,30)(H2,23,24,25);1H. The Kier molecular flexibility index (Phi) is 8.65. The maximum atomic E-state index is 11.7. The average molecular weight is 549 g/mol. The van der Waals surface area contributed by atoms with Gasteiger partial charge in [-0.1, -0.05) is 18.2 Å². The van der Waals surface area contributed by atoms with Gasteiger partial charge in [-0.05, 0) is 49.1 Å². The molecule has 1 amide bonds. The maximum Gasteiger partial charge on any atom is 0.258 e. The van der Waals surface area contributed by atoms with Crippen LogP contribution in [0.3, 0.4) is 0 Å². The number of carbonyl (C=O) groups excluding carboxylic acids is 1. The van der Waals surface area contributed by atoms with Crippen LogP contribution in [0, 0.1) is 0 Å². The van der Waals surface area contributed by atoms with E-state index in [2.05, 4.69) is 31.1 Å². The molecule has 0 aliphatic heterocycles. The Morgan fingerprint density at radius 2 is 1.97 bits per heavy atom. The van der Waals surface area contributed by atoms with Gasteiger partial charge in [-0.15, -0.1) is 34.2 Å². The van der Waals surface area contributed by atoms with E-state index in [1.54, 1.807) is 7.05 Å². The molecule has 4 rings (SSSR count). The van der Waals surface area contributed by atoms with Crippen molar-refractivity contribution in [3.63, 3.8) is 0 Å². The first-order valence-electron chi connectivity index (χ1n) is 10.5. The summed E-state index contributed by atoms with van der Waals surface area (Å²) in [5, 5.41) is 17.8. The summed E-state index contributed by atoms with van der Waals surface area (Å²) in [7, 11) is 1.74. The lowest BCUT2D eigenvalue weighted by molar-refractivity contribution is -0.123. The van der Waals surface area contributed by atoms with Crippen LogP contribution in [0.1, 0.15) is 24.2 Å². The highest BCUT2D eigenvalue weighted by atomic mass is 127. The van der Waals surface area contributed by atoms with Gasteiger partial charge in [0, 0.05) is 25.8 Å². The number of halogens is 1. The van der Waals surface area contributed by atoms with Crippen LogP contribution in [0.4, 0.5) is 0 Å². The first-order valence-corrected chi connectivity index (χ1v) is 10.5. The number of pyridine rings is 1. The number of aromatic nitrogens is 3. The second-order valence-corrected chi connectivity index (χ2v) is 7.42. The fourth-order valence-corrected chi connectivity index (χ4v) is 3.12. The van der Waals surface area contributed by atoms with Crippen LogP contribution >= 0.6 is 24.0 Å². The van der Waals surface area contributed by atoms with E-state index in [0.717, 1.165) is 37.3 Å². The fourth-order valence-electron chi connectivity index (χ4n) is 3.12. The minimum absolute atomic E-state index is 0. The molecule has 3 aromatic rings. The maximum absolute atomic E-state index is 11.7. The Labute approximate surface area is 204 Å². The third-order valence-electron chi connectivity index (χ3n) is 4.96. The summed E-state index contributed by atoms with van der Waals surface area (Å²) < 4.78 is 7.48. The molecule has 1 aliphatic carbocycles. The van der Waals surface area contributed by atoms with Gasteiger partial charge in [0.25, 0.3) is 5.91 Å². The molecular weight excluding hydrogens is 521 g/mol. The summed E-state index contributed by atoms with van der Waals surface area (Å²) in [6.45, 7) is 1.30. The first kappa shape index (κ1) is 23.8. The lowest BCUT2D eigenvalue weighted by Gasteiger charge is -2.11. The van der Waals surface area contributed by atoms with Crippen LogP contribution < -0.4 is 20.7 Å². The molecule has 0 unspecified atom stereocenters. The zero-order chi connectivity index (χ0) is 21.5. The minimum Gasteiger partial charge on any atom is -0.484 e. The largest absolute Gasteiger partial charge is 0.484 e. The van der Waals surface area contributed by atoms with Crippen LogP contribution in [0.2, 0.25) is 0 Å². The SMILES string of the molecule is CN=C(NCCc1ccc(OCC(=O)NC2CC2)cc1)NCc1nnc2ccccn12.I. The number of guanidine groups is 1. The number of rotatable bonds is 9. The Balaban J connectivity index is 0.00000289. The molecule has 2 heterocycles. The zero-order valence-corrected chi connectivity index (χ0v) is 20.3. The molecule has 32 heavy (non-hydrogen) atoms. The van der Waals surface area contributed by atoms with E-state index in [-0.39, 0.29) is 36.5 Å². The molecule has 170 valence electrons. The number of hydrogen-bond acceptors (Lipinski definition) is 5. The monoisotopic (exact) mass is 549 g/mol. The third-order valence-corrected chi connectivity index (χ3v) is 4.96. The number of fused-ring (bicyclic) bond motifs is 1. The van der Waals surface area contributed by atoms with E-state index in [1.165, 1.54) is 5.56 Å². The molecule has 1 aromatic carbocycles. The highest BCUT2D eigenvalue weighted by Gasteiger charge is 2.23. The van der Waals surface area contributed by atoms with Gasteiger partial charge in [-0.25, -0.2) is 0 Å². The first-order chi connectivity index (χ1) is 15.2. The number of benzene rings is 1. The Bertz CT molecular complexity index is 1050. The summed E-state index contributed by atoms with van der Waals surface area (Å²) in [6, 6.07) is 14.0. The number of ether oxygens (including phenoxy) is 1. The van der Waals surface area contributed by atoms with Gasteiger partial charge < -0.3 is 20.7 Å². The van der Waals surface area contributed by atoms with E-state index in [0.29, 0.717) is 24.3 Å². The molecule has 1 saturated carbocycles. The minimum atomic E-state index is -0.0613. The fraction of sp³-hybridized carbons (Fsp3) is 0.364. The van der Waals surface area contributed by atoms with Crippen molar-refractivity contribution in [3.8, 4) is 5.75 Å². The molecule has 0 atom stereocenters. The van der Waals surface area contributed by atoms with Crippen molar-refractivity contribution < 1.29 is 9.53 Å². The topological polar surface area (TPSA) is 105 Å². The third kappa shape index (κ3) is 6.81. The van der Waals surface area contributed by atoms with E-state index < -0.39 is 0 Å². The van der Waals surface area contributed by atoms with Crippen molar-refractivity contribution >= 4 is 41.5 Å². The van der Waals surface area contributed by atoms with Gasteiger partial charge in [0.1, 0.15) is 5.75 Å². The van der Waals surface area contributed by atoms with E-state index in [9.17, 15) is 4.79 Å². The second-order valence-electron chi connectivity index (χ2n) is 7.42. The highest BCUT2D eigenvalue weighted by molar-refractivity contribution is 14.0. The Hall–Kier alpha value is -2.89. The predicted octanol–water partition coefficient (Wildman–Crippen LogP) is 1.91. The van der Waals surface area contributed by atoms with Gasteiger partial charge in [-0.2, -0.15) is 0 Å². The summed E-state index contributed by atoms with van der Waals surface area (Å²) in [5.74, 6) is 2.16. The molecule has 2 aromatic heterocycles. The summed E-state index contributed by atoms with van der Waals surface area (Å²) in [4.78, 5) is 15.9. The van der Waals surface area contributed by atoms with Crippen molar-refractivity contribution in [1.29, 1.82) is 0 Å². The number of nitrogens with one attached hydrogen (secondary N) is 3. The van der Waals surface area contributed by atoms with Crippen LogP contribution in [0.5, 0.6) is 5.75 Å². The summed E-state index contributed by atoms with van der Waals surface area (Å²) in [6.07, 6.45) is 4.92. The van der Waals surface area contributed by atoms with Gasteiger partial charge >= 0.3 is 0 Å². The van der Waals surface area contributed by atoms with Crippen molar-refractivity contribution in [3.05, 3.63) is 60.0 Å². The summed E-state index contributed by atoms with van der Waals surface area (Å²) >= 11 is 0. The van der Waals surface area contributed by atoms with E-state index >= 15 is 0 Å². The van der Waals surface area contributed by atoms with Gasteiger partial charge in [-0.3, -0.25) is 14.2 Å². The van der Waals surface area contributed by atoms with Gasteiger partial charge in [0.15, 0.2) is 24.0 Å². The van der Waals surface area contributed by atoms with Crippen molar-refractivity contribution in [1.82, 2.24) is 30.5 Å². The second kappa shape index (κ2) is 11.7. The molecule has 3 N–H and O–H groups in total. The molecule has 0 spiro atoms. The number of carbonyl (C=O) groups is 1. The van der Waals surface area contributed by atoms with Gasteiger partial charge in [0.2, 0.25) is 0 Å². The van der Waals surface area contributed by atoms with Crippen molar-refractivity contribution in [2.24, 2.45) is 4.99 Å². The predicted molar refractivity (Wildman–Crippen MR) is 133 cm³/mol. The number of nitrogens with zero attached hydrogens (tertiary/aromatic N) is 4. The quantitative estimate of drug-likeness (QED) is 0.214. The Morgan fingerprint density at radius 3 is 2.72 bits per heavy atom. The molecule has 1 fully saturated rings. The van der Waals surface area contributed by atoms with Crippen LogP contribution in [-0.4, -0.2) is 52.7 Å². The zero-order valence-electron chi connectivity index (χ0n) is 18.0. The van der Waals surface area contributed by atoms with E-state index in [1.807, 2.05) is 53.1 Å². The van der Waals surface area contributed by atoms with Crippen LogP contribution in [0.25, 0.3) is 5.65 Å². The average Bonchev–Trinajstić information content (AvgIpc) is 3.52. The normalized spacial score (nSPS) is 13.3. The van der Waals surface area contributed by atoms with Crippen molar-refractivity contribution in [2.45, 2.75) is 31.8 Å². The molecule has 9 nitrogen and oxygen atoms in total. The molecular formula is C22H28IN7O2. The van der Waals surface area contributed by atoms with Crippen LogP contribution in [0.15, 0.2) is 53.7 Å². The molecule has 10 heteroatoms. The lowest BCUT2D eigenvalue weighted by atomic mass is 10.1. The smallest absolute Gasteiger partial charge is 0.258 e. The molecule has 0 bridgehead atoms. The molecule has 1 aliphatic rings. The van der Waals surface area contributed by atoms with Gasteiger partial charge in [0.05, 0.1) is 6.54 Å². The Morgan fingerprint density at radius 1 is 1.16 bits per heavy atom. The van der Waals surface area contributed by atoms with Crippen LogP contribution in [-0.2, 0) is 17.8 Å². The number of hydrogen-bond donors (Lipinski definition) is 3.